The quantitative estimate of drug-likeness (QED) is 0.713. The molecule has 0 bridgehead atoms. The van der Waals surface area contributed by atoms with Gasteiger partial charge in [-0.05, 0) is 48.7 Å². The first-order valence-corrected chi connectivity index (χ1v) is 7.49. The zero-order valence-electron chi connectivity index (χ0n) is 12.4. The second-order valence-corrected chi connectivity index (χ2v) is 5.03. The summed E-state index contributed by atoms with van der Waals surface area (Å²) in [6.07, 6.45) is 3.56. The van der Waals surface area contributed by atoms with Crippen LogP contribution in [0.15, 0.2) is 48.5 Å². The van der Waals surface area contributed by atoms with E-state index in [1.807, 2.05) is 18.2 Å². The van der Waals surface area contributed by atoms with Gasteiger partial charge in [0.05, 0.1) is 0 Å². The zero-order valence-corrected chi connectivity index (χ0v) is 12.4. The molecule has 0 heterocycles. The van der Waals surface area contributed by atoms with Crippen molar-refractivity contribution in [2.75, 3.05) is 18.5 Å². The molecule has 112 valence electrons. The highest BCUT2D eigenvalue weighted by Crippen LogP contribution is 2.14. The standard InChI is InChI=1S/C18H22FNO/c1-2-3-5-15-8-10-18(11-9-15)21-13-12-20-17-7-4-6-16(19)14-17/h4,6-11,14,20H,2-3,5,12-13H2,1H3. The normalized spacial score (nSPS) is 10.4. The van der Waals surface area contributed by atoms with Crippen LogP contribution in [-0.2, 0) is 6.42 Å². The summed E-state index contributed by atoms with van der Waals surface area (Å²) < 4.78 is 18.7. The van der Waals surface area contributed by atoms with Gasteiger partial charge in [-0.25, -0.2) is 4.39 Å². The van der Waals surface area contributed by atoms with Crippen LogP contribution in [0.2, 0.25) is 0 Å². The lowest BCUT2D eigenvalue weighted by Gasteiger charge is -2.09. The summed E-state index contributed by atoms with van der Waals surface area (Å²) in [7, 11) is 0. The minimum Gasteiger partial charge on any atom is -0.492 e. The summed E-state index contributed by atoms with van der Waals surface area (Å²) >= 11 is 0. The van der Waals surface area contributed by atoms with Crippen LogP contribution in [0.5, 0.6) is 5.75 Å². The summed E-state index contributed by atoms with van der Waals surface area (Å²) in [5.74, 6) is 0.639. The van der Waals surface area contributed by atoms with Crippen LogP contribution in [0.3, 0.4) is 0 Å². The van der Waals surface area contributed by atoms with Gasteiger partial charge in [-0.2, -0.15) is 0 Å². The number of halogens is 1. The highest BCUT2D eigenvalue weighted by atomic mass is 19.1. The largest absolute Gasteiger partial charge is 0.492 e. The predicted octanol–water partition coefficient (Wildman–Crippen LogP) is 4.66. The van der Waals surface area contributed by atoms with Crippen molar-refractivity contribution >= 4 is 5.69 Å². The maximum atomic E-state index is 13.0. The molecular formula is C18H22FNO. The maximum absolute atomic E-state index is 13.0. The molecule has 0 aliphatic rings. The molecular weight excluding hydrogens is 265 g/mol. The fourth-order valence-electron chi connectivity index (χ4n) is 2.10. The Morgan fingerprint density at radius 3 is 2.62 bits per heavy atom. The number of anilines is 1. The second kappa shape index (κ2) is 8.30. The average Bonchev–Trinajstić information content (AvgIpc) is 2.51. The summed E-state index contributed by atoms with van der Waals surface area (Å²) in [4.78, 5) is 0. The van der Waals surface area contributed by atoms with E-state index in [1.165, 1.54) is 30.5 Å². The molecule has 2 aromatic rings. The Morgan fingerprint density at radius 2 is 1.90 bits per heavy atom. The lowest BCUT2D eigenvalue weighted by Crippen LogP contribution is -2.11. The number of nitrogens with one attached hydrogen (secondary N) is 1. The molecule has 0 amide bonds. The summed E-state index contributed by atoms with van der Waals surface area (Å²) in [6.45, 7) is 3.38. The number of hydrogen-bond acceptors (Lipinski definition) is 2. The van der Waals surface area contributed by atoms with E-state index in [4.69, 9.17) is 4.74 Å². The third-order valence-electron chi connectivity index (χ3n) is 3.27. The Morgan fingerprint density at radius 1 is 1.10 bits per heavy atom. The van der Waals surface area contributed by atoms with E-state index in [0.29, 0.717) is 13.2 Å². The van der Waals surface area contributed by atoms with Crippen LogP contribution >= 0.6 is 0 Å². The fraction of sp³-hybridized carbons (Fsp3) is 0.333. The molecule has 1 N–H and O–H groups in total. The zero-order chi connectivity index (χ0) is 14.9. The predicted molar refractivity (Wildman–Crippen MR) is 85.4 cm³/mol. The van der Waals surface area contributed by atoms with Crippen LogP contribution in [-0.4, -0.2) is 13.2 Å². The molecule has 0 fully saturated rings. The minimum atomic E-state index is -0.233. The highest BCUT2D eigenvalue weighted by molar-refractivity contribution is 5.42. The molecule has 0 aliphatic heterocycles. The van der Waals surface area contributed by atoms with Crippen LogP contribution in [0.25, 0.3) is 0 Å². The first kappa shape index (κ1) is 15.4. The van der Waals surface area contributed by atoms with Crippen LogP contribution in [0.4, 0.5) is 10.1 Å². The fourth-order valence-corrected chi connectivity index (χ4v) is 2.10. The Labute approximate surface area is 126 Å². The van der Waals surface area contributed by atoms with Crippen molar-refractivity contribution in [1.29, 1.82) is 0 Å². The van der Waals surface area contributed by atoms with Crippen molar-refractivity contribution in [3.8, 4) is 5.75 Å². The smallest absolute Gasteiger partial charge is 0.125 e. The van der Waals surface area contributed by atoms with Crippen LogP contribution < -0.4 is 10.1 Å². The molecule has 0 saturated heterocycles. The Bertz CT molecular complexity index is 539. The van der Waals surface area contributed by atoms with Gasteiger partial charge in [-0.1, -0.05) is 31.5 Å². The number of hydrogen-bond donors (Lipinski definition) is 1. The number of benzene rings is 2. The molecule has 2 nitrogen and oxygen atoms in total. The van der Waals surface area contributed by atoms with E-state index in [-0.39, 0.29) is 5.82 Å². The highest BCUT2D eigenvalue weighted by Gasteiger charge is 1.97. The Hall–Kier alpha value is -2.03. The SMILES string of the molecule is CCCCc1ccc(OCCNc2cccc(F)c2)cc1. The molecule has 0 aromatic heterocycles. The van der Waals surface area contributed by atoms with E-state index in [0.717, 1.165) is 17.9 Å². The molecule has 0 spiro atoms. The maximum Gasteiger partial charge on any atom is 0.125 e. The molecule has 2 aromatic carbocycles. The third-order valence-corrected chi connectivity index (χ3v) is 3.27. The van der Waals surface area contributed by atoms with Gasteiger partial charge in [0, 0.05) is 12.2 Å². The van der Waals surface area contributed by atoms with E-state index in [9.17, 15) is 4.39 Å². The van der Waals surface area contributed by atoms with Gasteiger partial charge < -0.3 is 10.1 Å². The van der Waals surface area contributed by atoms with Gasteiger partial charge in [-0.3, -0.25) is 0 Å². The molecule has 0 saturated carbocycles. The number of unbranched alkanes of at least 4 members (excludes halogenated alkanes) is 1. The van der Waals surface area contributed by atoms with Crippen molar-refractivity contribution in [2.45, 2.75) is 26.2 Å². The summed E-state index contributed by atoms with van der Waals surface area (Å²) in [6, 6.07) is 14.7. The average molecular weight is 287 g/mol. The molecule has 21 heavy (non-hydrogen) atoms. The number of aryl methyl sites for hydroxylation is 1. The number of ether oxygens (including phenoxy) is 1. The van der Waals surface area contributed by atoms with E-state index in [1.54, 1.807) is 6.07 Å². The monoisotopic (exact) mass is 287 g/mol. The van der Waals surface area contributed by atoms with Gasteiger partial charge in [-0.15, -0.1) is 0 Å². The van der Waals surface area contributed by atoms with E-state index >= 15 is 0 Å². The topological polar surface area (TPSA) is 21.3 Å². The molecule has 0 unspecified atom stereocenters. The van der Waals surface area contributed by atoms with Gasteiger partial charge in [0.15, 0.2) is 0 Å². The summed E-state index contributed by atoms with van der Waals surface area (Å²) in [5.41, 5.74) is 2.12. The first-order valence-electron chi connectivity index (χ1n) is 7.49. The number of rotatable bonds is 8. The second-order valence-electron chi connectivity index (χ2n) is 5.03. The van der Waals surface area contributed by atoms with Crippen molar-refractivity contribution in [3.63, 3.8) is 0 Å². The third kappa shape index (κ3) is 5.46. The van der Waals surface area contributed by atoms with Crippen molar-refractivity contribution in [1.82, 2.24) is 0 Å². The van der Waals surface area contributed by atoms with Gasteiger partial charge >= 0.3 is 0 Å². The molecule has 2 rings (SSSR count). The van der Waals surface area contributed by atoms with E-state index < -0.39 is 0 Å². The van der Waals surface area contributed by atoms with Crippen molar-refractivity contribution < 1.29 is 9.13 Å². The van der Waals surface area contributed by atoms with Crippen LogP contribution in [0.1, 0.15) is 25.3 Å². The lowest BCUT2D eigenvalue weighted by molar-refractivity contribution is 0.333. The van der Waals surface area contributed by atoms with Gasteiger partial charge in [0.2, 0.25) is 0 Å². The van der Waals surface area contributed by atoms with Crippen LogP contribution in [0, 0.1) is 5.82 Å². The summed E-state index contributed by atoms with van der Waals surface area (Å²) in [5, 5.41) is 3.13. The Kier molecular flexibility index (Phi) is 6.07. The Balaban J connectivity index is 1.71. The molecule has 3 heteroatoms. The minimum absolute atomic E-state index is 0.233. The van der Waals surface area contributed by atoms with Gasteiger partial charge in [0.25, 0.3) is 0 Å². The van der Waals surface area contributed by atoms with Crippen molar-refractivity contribution in [2.24, 2.45) is 0 Å². The van der Waals surface area contributed by atoms with Crippen molar-refractivity contribution in [3.05, 3.63) is 59.9 Å². The first-order chi connectivity index (χ1) is 10.3. The molecule has 0 radical (unpaired) electrons. The lowest BCUT2D eigenvalue weighted by atomic mass is 10.1. The van der Waals surface area contributed by atoms with E-state index in [2.05, 4.69) is 24.4 Å². The van der Waals surface area contributed by atoms with Gasteiger partial charge in [0.1, 0.15) is 18.2 Å². The molecule has 0 aliphatic carbocycles. The molecule has 0 atom stereocenters.